The van der Waals surface area contributed by atoms with Gasteiger partial charge in [0.15, 0.2) is 6.10 Å². The minimum Gasteiger partial charge on any atom is -0.497 e. The average Bonchev–Trinajstić information content (AvgIpc) is 2.30. The van der Waals surface area contributed by atoms with Gasteiger partial charge in [-0.25, -0.2) is 4.79 Å². The Morgan fingerprint density at radius 3 is 2.61 bits per heavy atom. The molecule has 0 heterocycles. The zero-order chi connectivity index (χ0) is 13.7. The van der Waals surface area contributed by atoms with E-state index in [4.69, 9.17) is 15.2 Å². The minimum atomic E-state index is -0.913. The standard InChI is InChI=1S/C11H13BrN2O4/c1-6(10(15)14-11(13)16)18-9-4-3-7(17-2)5-8(9)12/h3-6H,1-2H3,(H3,13,14,15,16). The number of carbonyl (C=O) groups is 2. The van der Waals surface area contributed by atoms with Crippen LogP contribution in [0.5, 0.6) is 11.5 Å². The first kappa shape index (κ1) is 14.3. The SMILES string of the molecule is COc1ccc(OC(C)C(=O)NC(N)=O)c(Br)c1. The molecule has 0 saturated carbocycles. The van der Waals surface area contributed by atoms with Gasteiger partial charge in [0.2, 0.25) is 0 Å². The number of primary amides is 1. The maximum absolute atomic E-state index is 11.4. The maximum Gasteiger partial charge on any atom is 0.318 e. The van der Waals surface area contributed by atoms with Crippen molar-refractivity contribution in [2.45, 2.75) is 13.0 Å². The van der Waals surface area contributed by atoms with E-state index in [9.17, 15) is 9.59 Å². The average molecular weight is 317 g/mol. The van der Waals surface area contributed by atoms with Gasteiger partial charge in [0.25, 0.3) is 5.91 Å². The van der Waals surface area contributed by atoms with E-state index >= 15 is 0 Å². The first-order valence-electron chi connectivity index (χ1n) is 5.04. The van der Waals surface area contributed by atoms with E-state index < -0.39 is 18.0 Å². The summed E-state index contributed by atoms with van der Waals surface area (Å²) in [4.78, 5) is 21.9. The second kappa shape index (κ2) is 6.25. The van der Waals surface area contributed by atoms with Crippen molar-refractivity contribution < 1.29 is 19.1 Å². The van der Waals surface area contributed by atoms with E-state index in [1.807, 2.05) is 5.32 Å². The number of imide groups is 1. The topological polar surface area (TPSA) is 90.7 Å². The number of urea groups is 1. The molecule has 0 bridgehead atoms. The van der Waals surface area contributed by atoms with Crippen molar-refractivity contribution in [1.82, 2.24) is 5.32 Å². The number of benzene rings is 1. The number of halogens is 1. The van der Waals surface area contributed by atoms with Crippen molar-refractivity contribution in [1.29, 1.82) is 0 Å². The maximum atomic E-state index is 11.4. The lowest BCUT2D eigenvalue weighted by Crippen LogP contribution is -2.42. The number of rotatable bonds is 4. The summed E-state index contributed by atoms with van der Waals surface area (Å²) in [6.07, 6.45) is -0.845. The second-order valence-corrected chi connectivity index (χ2v) is 4.26. The molecule has 0 aliphatic heterocycles. The Balaban J connectivity index is 2.72. The summed E-state index contributed by atoms with van der Waals surface area (Å²) in [7, 11) is 1.55. The number of nitrogens with one attached hydrogen (secondary N) is 1. The molecule has 0 fully saturated rings. The number of carbonyl (C=O) groups excluding carboxylic acids is 2. The van der Waals surface area contributed by atoms with E-state index in [1.54, 1.807) is 25.3 Å². The van der Waals surface area contributed by atoms with Gasteiger partial charge in [0, 0.05) is 0 Å². The Hall–Kier alpha value is -1.76. The predicted molar refractivity (Wildman–Crippen MR) is 68.5 cm³/mol. The largest absolute Gasteiger partial charge is 0.497 e. The molecule has 0 aliphatic carbocycles. The van der Waals surface area contributed by atoms with Gasteiger partial charge >= 0.3 is 6.03 Å². The fourth-order valence-corrected chi connectivity index (χ4v) is 1.62. The third kappa shape index (κ3) is 3.92. The highest BCUT2D eigenvalue weighted by molar-refractivity contribution is 9.10. The summed E-state index contributed by atoms with van der Waals surface area (Å²) in [5.41, 5.74) is 4.84. The Labute approximate surface area is 113 Å². The molecule has 0 spiro atoms. The van der Waals surface area contributed by atoms with Crippen molar-refractivity contribution in [3.8, 4) is 11.5 Å². The summed E-state index contributed by atoms with van der Waals surface area (Å²) in [5, 5.41) is 1.94. The molecule has 3 amide bonds. The molecule has 18 heavy (non-hydrogen) atoms. The smallest absolute Gasteiger partial charge is 0.318 e. The monoisotopic (exact) mass is 316 g/mol. The number of nitrogens with two attached hydrogens (primary N) is 1. The lowest BCUT2D eigenvalue weighted by Gasteiger charge is -2.15. The normalized spacial score (nSPS) is 11.5. The van der Waals surface area contributed by atoms with Crippen LogP contribution < -0.4 is 20.5 Å². The van der Waals surface area contributed by atoms with Gasteiger partial charge in [-0.1, -0.05) is 0 Å². The van der Waals surface area contributed by atoms with Crippen molar-refractivity contribution >= 4 is 27.9 Å². The zero-order valence-corrected chi connectivity index (χ0v) is 11.5. The number of hydrogen-bond acceptors (Lipinski definition) is 4. The van der Waals surface area contributed by atoms with E-state index in [-0.39, 0.29) is 0 Å². The van der Waals surface area contributed by atoms with Gasteiger partial charge in [-0.05, 0) is 41.1 Å². The molecular weight excluding hydrogens is 304 g/mol. The third-order valence-corrected chi connectivity index (χ3v) is 2.68. The fraction of sp³-hybridized carbons (Fsp3) is 0.273. The predicted octanol–water partition coefficient (Wildman–Crippen LogP) is 1.42. The van der Waals surface area contributed by atoms with E-state index in [0.29, 0.717) is 16.0 Å². The fourth-order valence-electron chi connectivity index (χ4n) is 1.17. The lowest BCUT2D eigenvalue weighted by atomic mass is 10.3. The molecule has 3 N–H and O–H groups in total. The molecule has 0 radical (unpaired) electrons. The van der Waals surface area contributed by atoms with Crippen molar-refractivity contribution in [2.24, 2.45) is 5.73 Å². The van der Waals surface area contributed by atoms with Crippen LogP contribution in [-0.4, -0.2) is 25.2 Å². The third-order valence-electron chi connectivity index (χ3n) is 2.06. The molecule has 0 aliphatic rings. The first-order valence-corrected chi connectivity index (χ1v) is 5.84. The Morgan fingerprint density at radius 2 is 2.11 bits per heavy atom. The molecule has 1 rings (SSSR count). The molecule has 98 valence electrons. The van der Waals surface area contributed by atoms with Crippen LogP contribution >= 0.6 is 15.9 Å². The van der Waals surface area contributed by atoms with Gasteiger partial charge in [0.05, 0.1) is 11.6 Å². The van der Waals surface area contributed by atoms with Crippen molar-refractivity contribution in [2.75, 3.05) is 7.11 Å². The van der Waals surface area contributed by atoms with Gasteiger partial charge < -0.3 is 15.2 Å². The molecule has 7 heteroatoms. The van der Waals surface area contributed by atoms with Crippen LogP contribution in [0.3, 0.4) is 0 Å². The Morgan fingerprint density at radius 1 is 1.44 bits per heavy atom. The van der Waals surface area contributed by atoms with E-state index in [2.05, 4.69) is 15.9 Å². The summed E-state index contributed by atoms with van der Waals surface area (Å²) in [6.45, 7) is 1.51. The number of amides is 3. The summed E-state index contributed by atoms with van der Waals surface area (Å²) >= 11 is 3.29. The number of methoxy groups -OCH3 is 1. The highest BCUT2D eigenvalue weighted by Crippen LogP contribution is 2.29. The van der Waals surface area contributed by atoms with E-state index in [1.165, 1.54) is 6.92 Å². The molecule has 1 aromatic rings. The Bertz CT molecular complexity index is 464. The van der Waals surface area contributed by atoms with Crippen LogP contribution in [0.25, 0.3) is 0 Å². The quantitative estimate of drug-likeness (QED) is 0.879. The molecule has 6 nitrogen and oxygen atoms in total. The van der Waals surface area contributed by atoms with Gasteiger partial charge in [-0.3, -0.25) is 10.1 Å². The summed E-state index contributed by atoms with van der Waals surface area (Å²) in [5.74, 6) is 0.511. The number of ether oxygens (including phenoxy) is 2. The van der Waals surface area contributed by atoms with Crippen LogP contribution in [0.4, 0.5) is 4.79 Å². The van der Waals surface area contributed by atoms with Gasteiger partial charge in [0.1, 0.15) is 11.5 Å². The highest BCUT2D eigenvalue weighted by atomic mass is 79.9. The summed E-state index contributed by atoms with van der Waals surface area (Å²) < 4.78 is 11.1. The first-order chi connectivity index (χ1) is 8.43. The molecule has 0 aromatic heterocycles. The summed E-state index contributed by atoms with van der Waals surface area (Å²) in [6, 6.07) is 4.13. The molecule has 1 unspecified atom stereocenters. The van der Waals surface area contributed by atoms with E-state index in [0.717, 1.165) is 0 Å². The second-order valence-electron chi connectivity index (χ2n) is 3.41. The molecule has 1 aromatic carbocycles. The van der Waals surface area contributed by atoms with Crippen molar-refractivity contribution in [3.05, 3.63) is 22.7 Å². The van der Waals surface area contributed by atoms with Crippen LogP contribution in [0, 0.1) is 0 Å². The lowest BCUT2D eigenvalue weighted by molar-refractivity contribution is -0.126. The molecule has 1 atom stereocenters. The van der Waals surface area contributed by atoms with Crippen LogP contribution in [0.15, 0.2) is 22.7 Å². The minimum absolute atomic E-state index is 0.461. The van der Waals surface area contributed by atoms with Crippen LogP contribution in [-0.2, 0) is 4.79 Å². The van der Waals surface area contributed by atoms with Crippen LogP contribution in [0.2, 0.25) is 0 Å². The molecule has 0 saturated heterocycles. The zero-order valence-electron chi connectivity index (χ0n) is 9.90. The van der Waals surface area contributed by atoms with Crippen LogP contribution in [0.1, 0.15) is 6.92 Å². The highest BCUT2D eigenvalue weighted by Gasteiger charge is 2.17. The van der Waals surface area contributed by atoms with Gasteiger partial charge in [-0.15, -0.1) is 0 Å². The van der Waals surface area contributed by atoms with Gasteiger partial charge in [-0.2, -0.15) is 0 Å². The Kier molecular flexibility index (Phi) is 4.96. The number of hydrogen-bond donors (Lipinski definition) is 2. The molecular formula is C11H13BrN2O4. The van der Waals surface area contributed by atoms with Crippen molar-refractivity contribution in [3.63, 3.8) is 0 Å².